The van der Waals surface area contributed by atoms with Gasteiger partial charge in [-0.2, -0.15) is 0 Å². The fourth-order valence-corrected chi connectivity index (χ4v) is 1.67. The number of carboxylic acids is 1. The van der Waals surface area contributed by atoms with Crippen molar-refractivity contribution in [1.82, 2.24) is 0 Å². The molecule has 98 valence electrons. The quantitative estimate of drug-likeness (QED) is 0.762. The van der Waals surface area contributed by atoms with Crippen LogP contribution in [0.5, 0.6) is 0 Å². The maximum absolute atomic E-state index is 11.8. The summed E-state index contributed by atoms with van der Waals surface area (Å²) in [5.41, 5.74) is 5.65. The van der Waals surface area contributed by atoms with Crippen molar-refractivity contribution in [1.29, 1.82) is 0 Å². The molecular formula is C12H15ClN2O3. The van der Waals surface area contributed by atoms with Crippen LogP contribution < -0.4 is 11.1 Å². The molecule has 1 atom stereocenters. The lowest BCUT2D eigenvalue weighted by atomic mass is 10.1. The topological polar surface area (TPSA) is 92.4 Å². The van der Waals surface area contributed by atoms with Crippen molar-refractivity contribution in [2.75, 3.05) is 11.9 Å². The average Bonchev–Trinajstić information content (AvgIpc) is 2.30. The molecule has 0 aromatic heterocycles. The molecule has 0 aliphatic heterocycles. The van der Waals surface area contributed by atoms with E-state index in [0.717, 1.165) is 0 Å². The fourth-order valence-electron chi connectivity index (χ4n) is 1.50. The molecule has 1 rings (SSSR count). The van der Waals surface area contributed by atoms with Crippen LogP contribution in [0.3, 0.4) is 0 Å². The molecule has 0 fully saturated rings. The first-order valence-electron chi connectivity index (χ1n) is 5.53. The number of amides is 1. The zero-order chi connectivity index (χ0) is 13.7. The Balaban J connectivity index is 2.99. The van der Waals surface area contributed by atoms with E-state index >= 15 is 0 Å². The maximum atomic E-state index is 11.8. The van der Waals surface area contributed by atoms with Crippen LogP contribution in [0.4, 0.5) is 5.69 Å². The summed E-state index contributed by atoms with van der Waals surface area (Å²) in [5.74, 6) is -1.77. The first kappa shape index (κ1) is 14.5. The number of nitrogens with one attached hydrogen (secondary N) is 1. The van der Waals surface area contributed by atoms with Gasteiger partial charge in [0.25, 0.3) is 0 Å². The van der Waals surface area contributed by atoms with Crippen molar-refractivity contribution in [3.8, 4) is 0 Å². The van der Waals surface area contributed by atoms with E-state index in [-0.39, 0.29) is 29.6 Å². The number of rotatable bonds is 5. The van der Waals surface area contributed by atoms with E-state index in [0.29, 0.717) is 11.4 Å². The summed E-state index contributed by atoms with van der Waals surface area (Å²) in [5, 5.41) is 11.9. The Hall–Kier alpha value is -1.59. The van der Waals surface area contributed by atoms with E-state index in [9.17, 15) is 9.59 Å². The first-order valence-corrected chi connectivity index (χ1v) is 5.91. The highest BCUT2D eigenvalue weighted by molar-refractivity contribution is 6.31. The van der Waals surface area contributed by atoms with Crippen LogP contribution >= 0.6 is 11.6 Å². The third kappa shape index (κ3) is 3.45. The summed E-state index contributed by atoms with van der Waals surface area (Å²) in [6.45, 7) is 2.05. The number of carboxylic acid groups (broad SMARTS) is 1. The van der Waals surface area contributed by atoms with Crippen LogP contribution in [0.1, 0.15) is 23.7 Å². The van der Waals surface area contributed by atoms with E-state index in [1.165, 1.54) is 18.2 Å². The largest absolute Gasteiger partial charge is 0.478 e. The number of hydrogen-bond donors (Lipinski definition) is 3. The van der Waals surface area contributed by atoms with Gasteiger partial charge in [0, 0.05) is 11.6 Å². The number of benzene rings is 1. The van der Waals surface area contributed by atoms with Crippen molar-refractivity contribution in [2.45, 2.75) is 13.3 Å². The molecule has 0 bridgehead atoms. The molecule has 4 N–H and O–H groups in total. The van der Waals surface area contributed by atoms with E-state index in [1.54, 1.807) is 0 Å². The third-order valence-corrected chi connectivity index (χ3v) is 2.85. The Morgan fingerprint density at radius 2 is 2.17 bits per heavy atom. The molecule has 0 aliphatic rings. The zero-order valence-corrected chi connectivity index (χ0v) is 10.7. The summed E-state index contributed by atoms with van der Waals surface area (Å²) in [6.07, 6.45) is 0.589. The third-order valence-electron chi connectivity index (χ3n) is 2.62. The Morgan fingerprint density at radius 1 is 1.50 bits per heavy atom. The lowest BCUT2D eigenvalue weighted by molar-refractivity contribution is -0.119. The number of anilines is 1. The second kappa shape index (κ2) is 6.37. The van der Waals surface area contributed by atoms with Gasteiger partial charge in [0.2, 0.25) is 5.91 Å². The van der Waals surface area contributed by atoms with Crippen molar-refractivity contribution in [3.63, 3.8) is 0 Å². The van der Waals surface area contributed by atoms with E-state index in [4.69, 9.17) is 22.4 Å². The molecule has 0 heterocycles. The Labute approximate surface area is 110 Å². The number of halogens is 1. The predicted molar refractivity (Wildman–Crippen MR) is 69.9 cm³/mol. The molecule has 1 aromatic rings. The Morgan fingerprint density at radius 3 is 2.67 bits per heavy atom. The minimum Gasteiger partial charge on any atom is -0.478 e. The van der Waals surface area contributed by atoms with Crippen molar-refractivity contribution < 1.29 is 14.7 Å². The molecule has 1 amide bonds. The monoisotopic (exact) mass is 270 g/mol. The summed E-state index contributed by atoms with van der Waals surface area (Å²) < 4.78 is 0. The molecule has 0 spiro atoms. The van der Waals surface area contributed by atoms with E-state index in [1.807, 2.05) is 6.92 Å². The summed E-state index contributed by atoms with van der Waals surface area (Å²) in [7, 11) is 0. The number of carbonyl (C=O) groups is 2. The van der Waals surface area contributed by atoms with Gasteiger partial charge < -0.3 is 16.2 Å². The highest BCUT2D eigenvalue weighted by Gasteiger charge is 2.18. The lowest BCUT2D eigenvalue weighted by Gasteiger charge is -2.14. The highest BCUT2D eigenvalue weighted by Crippen LogP contribution is 2.22. The van der Waals surface area contributed by atoms with Crippen LogP contribution in [0.25, 0.3) is 0 Å². The van der Waals surface area contributed by atoms with Crippen molar-refractivity contribution >= 4 is 29.2 Å². The summed E-state index contributed by atoms with van der Waals surface area (Å²) >= 11 is 5.78. The Bertz CT molecular complexity index is 459. The van der Waals surface area contributed by atoms with Crippen LogP contribution in [-0.4, -0.2) is 23.5 Å². The maximum Gasteiger partial charge on any atom is 0.337 e. The van der Waals surface area contributed by atoms with Gasteiger partial charge in [0.05, 0.1) is 17.2 Å². The molecule has 18 heavy (non-hydrogen) atoms. The standard InChI is InChI=1S/C12H15ClN2O3/c1-2-7(6-14)11(16)15-10-5-8(13)3-4-9(10)12(17)18/h3-5,7H,2,6,14H2,1H3,(H,15,16)(H,17,18). The molecule has 1 unspecified atom stereocenters. The predicted octanol–water partition coefficient (Wildman–Crippen LogP) is 1.96. The molecule has 0 aliphatic carbocycles. The average molecular weight is 271 g/mol. The smallest absolute Gasteiger partial charge is 0.337 e. The summed E-state index contributed by atoms with van der Waals surface area (Å²) in [6, 6.07) is 4.22. The van der Waals surface area contributed by atoms with Gasteiger partial charge in [-0.25, -0.2) is 4.79 Å². The van der Waals surface area contributed by atoms with Gasteiger partial charge in [-0.1, -0.05) is 18.5 Å². The molecular weight excluding hydrogens is 256 g/mol. The van der Waals surface area contributed by atoms with Crippen molar-refractivity contribution in [3.05, 3.63) is 28.8 Å². The second-order valence-electron chi connectivity index (χ2n) is 3.83. The highest BCUT2D eigenvalue weighted by atomic mass is 35.5. The van der Waals surface area contributed by atoms with E-state index < -0.39 is 5.97 Å². The zero-order valence-electron chi connectivity index (χ0n) is 9.94. The van der Waals surface area contributed by atoms with Gasteiger partial charge in [-0.3, -0.25) is 4.79 Å². The number of carbonyl (C=O) groups excluding carboxylic acids is 1. The molecule has 0 saturated carbocycles. The van der Waals surface area contributed by atoms with Gasteiger partial charge in [-0.05, 0) is 24.6 Å². The van der Waals surface area contributed by atoms with Gasteiger partial charge in [0.1, 0.15) is 0 Å². The molecule has 0 radical (unpaired) electrons. The first-order chi connectivity index (χ1) is 8.49. The summed E-state index contributed by atoms with van der Waals surface area (Å²) in [4.78, 5) is 22.8. The molecule has 0 saturated heterocycles. The minimum atomic E-state index is -1.12. The molecule has 6 heteroatoms. The van der Waals surface area contributed by atoms with Crippen LogP contribution in [-0.2, 0) is 4.79 Å². The number of aromatic carboxylic acids is 1. The SMILES string of the molecule is CCC(CN)C(=O)Nc1cc(Cl)ccc1C(=O)O. The number of hydrogen-bond acceptors (Lipinski definition) is 3. The lowest BCUT2D eigenvalue weighted by Crippen LogP contribution is -2.29. The molecule has 5 nitrogen and oxygen atoms in total. The van der Waals surface area contributed by atoms with E-state index in [2.05, 4.69) is 5.32 Å². The number of nitrogens with two attached hydrogens (primary N) is 1. The second-order valence-corrected chi connectivity index (χ2v) is 4.26. The molecule has 1 aromatic carbocycles. The Kier molecular flexibility index (Phi) is 5.12. The van der Waals surface area contributed by atoms with Gasteiger partial charge >= 0.3 is 5.97 Å². The normalized spacial score (nSPS) is 11.9. The van der Waals surface area contributed by atoms with Crippen LogP contribution in [0.15, 0.2) is 18.2 Å². The van der Waals surface area contributed by atoms with Crippen LogP contribution in [0.2, 0.25) is 5.02 Å². The van der Waals surface area contributed by atoms with Crippen LogP contribution in [0, 0.1) is 5.92 Å². The minimum absolute atomic E-state index is 0.000348. The van der Waals surface area contributed by atoms with Gasteiger partial charge in [0.15, 0.2) is 0 Å². The van der Waals surface area contributed by atoms with Crippen molar-refractivity contribution in [2.24, 2.45) is 11.7 Å². The fraction of sp³-hybridized carbons (Fsp3) is 0.333. The van der Waals surface area contributed by atoms with Gasteiger partial charge in [-0.15, -0.1) is 0 Å².